The smallest absolute Gasteiger partial charge is 0.379 e. The van der Waals surface area contributed by atoms with E-state index in [9.17, 15) is 14.9 Å². The van der Waals surface area contributed by atoms with E-state index in [1.165, 1.54) is 18.4 Å². The Kier molecular flexibility index (Phi) is 3.72. The van der Waals surface area contributed by atoms with Crippen LogP contribution in [0, 0.1) is 10.1 Å². The fourth-order valence-electron chi connectivity index (χ4n) is 1.40. The Morgan fingerprint density at radius 1 is 1.26 bits per heavy atom. The maximum Gasteiger partial charge on any atom is 0.379 e. The second-order valence-corrected chi connectivity index (χ2v) is 3.51. The van der Waals surface area contributed by atoms with Gasteiger partial charge in [-0.15, -0.1) is 0 Å². The Morgan fingerprint density at radius 2 is 2.05 bits per heavy atom. The largest absolute Gasteiger partial charge is 0.457 e. The minimum atomic E-state index is -0.660. The zero-order valence-electron chi connectivity index (χ0n) is 9.68. The van der Waals surface area contributed by atoms with Gasteiger partial charge in [0.25, 0.3) is 0 Å². The molecule has 0 saturated heterocycles. The van der Waals surface area contributed by atoms with Gasteiger partial charge >= 0.3 is 5.97 Å². The fraction of sp³-hybridized carbons (Fsp3) is 0. The lowest BCUT2D eigenvalue weighted by Crippen LogP contribution is -2.07. The summed E-state index contributed by atoms with van der Waals surface area (Å²) in [5.41, 5.74) is 0.430. The molecule has 0 aliphatic rings. The third-order valence-electron chi connectivity index (χ3n) is 2.22. The summed E-state index contributed by atoms with van der Waals surface area (Å²) in [6, 6.07) is 9.52. The van der Waals surface area contributed by atoms with Gasteiger partial charge in [0.2, 0.25) is 12.0 Å². The van der Waals surface area contributed by atoms with Crippen molar-refractivity contribution in [3.63, 3.8) is 0 Å². The van der Waals surface area contributed by atoms with E-state index in [0.717, 1.165) is 6.20 Å². The molecule has 19 heavy (non-hydrogen) atoms. The molecular weight excluding hydrogens is 250 g/mol. The van der Waals surface area contributed by atoms with Crippen molar-refractivity contribution in [1.29, 1.82) is 0 Å². The van der Waals surface area contributed by atoms with Gasteiger partial charge in [-0.25, -0.2) is 4.79 Å². The number of carbonyl (C=O) groups is 1. The van der Waals surface area contributed by atoms with Gasteiger partial charge in [-0.2, -0.15) is 0 Å². The summed E-state index contributed by atoms with van der Waals surface area (Å²) in [7, 11) is 0. The summed E-state index contributed by atoms with van der Waals surface area (Å²) >= 11 is 0. The van der Waals surface area contributed by atoms with Crippen LogP contribution in [0.1, 0.15) is 16.1 Å². The molecule has 0 spiro atoms. The third kappa shape index (κ3) is 3.29. The maximum atomic E-state index is 11.7. The van der Waals surface area contributed by atoms with Gasteiger partial charge in [0, 0.05) is 11.6 Å². The van der Waals surface area contributed by atoms with Gasteiger partial charge in [-0.3, -0.25) is 10.1 Å². The maximum absolute atomic E-state index is 11.7. The van der Waals surface area contributed by atoms with Crippen molar-refractivity contribution in [2.24, 2.45) is 0 Å². The summed E-state index contributed by atoms with van der Waals surface area (Å²) < 4.78 is 10.0. The van der Waals surface area contributed by atoms with Crippen LogP contribution in [0.2, 0.25) is 0 Å². The van der Waals surface area contributed by atoms with Gasteiger partial charge in [0.1, 0.15) is 5.75 Å². The molecular formula is C13H9NO5. The van der Waals surface area contributed by atoms with Crippen molar-refractivity contribution in [2.75, 3.05) is 0 Å². The van der Waals surface area contributed by atoms with E-state index in [0.29, 0.717) is 5.56 Å². The molecule has 0 N–H and O–H groups in total. The number of nitro groups is 1. The second-order valence-electron chi connectivity index (χ2n) is 3.51. The number of hydrogen-bond donors (Lipinski definition) is 0. The highest BCUT2D eigenvalue weighted by molar-refractivity contribution is 5.88. The summed E-state index contributed by atoms with van der Waals surface area (Å²) in [5, 5.41) is 10.3. The van der Waals surface area contributed by atoms with Crippen molar-refractivity contribution >= 4 is 12.0 Å². The van der Waals surface area contributed by atoms with E-state index >= 15 is 0 Å². The number of esters is 1. The summed E-state index contributed by atoms with van der Waals surface area (Å²) in [4.78, 5) is 21.4. The Hall–Kier alpha value is -2.89. The number of rotatable bonds is 4. The molecule has 0 amide bonds. The zero-order valence-corrected chi connectivity index (χ0v) is 9.68. The molecule has 1 heterocycles. The molecule has 2 rings (SSSR count). The number of nitrogens with zero attached hydrogens (tertiary/aromatic N) is 1. The molecule has 0 atom stereocenters. The van der Waals surface area contributed by atoms with Crippen molar-refractivity contribution < 1.29 is 18.9 Å². The molecule has 2 aromatic rings. The lowest BCUT2D eigenvalue weighted by atomic mass is 10.2. The Morgan fingerprint density at radius 3 is 2.74 bits per heavy atom. The standard InChI is InChI=1S/C13H9NO5/c15-13(12-6-3-9-18-12)19-11-5-2-1-4-10(11)7-8-14(16)17/h1-9H/b8-7+. The SMILES string of the molecule is O=C(Oc1ccccc1/C=C/[N+](=O)[O-])c1ccco1. The van der Waals surface area contributed by atoms with E-state index < -0.39 is 10.9 Å². The van der Waals surface area contributed by atoms with E-state index in [1.54, 1.807) is 30.3 Å². The molecule has 0 aliphatic carbocycles. The quantitative estimate of drug-likeness (QED) is 0.365. The average Bonchev–Trinajstić information content (AvgIpc) is 2.91. The monoisotopic (exact) mass is 259 g/mol. The summed E-state index contributed by atoms with van der Waals surface area (Å²) in [6.07, 6.45) is 3.39. The van der Waals surface area contributed by atoms with Crippen molar-refractivity contribution in [2.45, 2.75) is 0 Å². The molecule has 6 nitrogen and oxygen atoms in total. The predicted molar refractivity (Wildman–Crippen MR) is 66.1 cm³/mol. The summed E-state index contributed by atoms with van der Waals surface area (Å²) in [5.74, 6) is -0.373. The second kappa shape index (κ2) is 5.63. The van der Waals surface area contributed by atoms with Crippen LogP contribution in [0.3, 0.4) is 0 Å². The van der Waals surface area contributed by atoms with E-state index in [-0.39, 0.29) is 11.5 Å². The lowest BCUT2D eigenvalue weighted by Gasteiger charge is -2.05. The highest BCUT2D eigenvalue weighted by Crippen LogP contribution is 2.20. The highest BCUT2D eigenvalue weighted by atomic mass is 16.6. The Labute approximate surface area is 108 Å². The summed E-state index contributed by atoms with van der Waals surface area (Å²) in [6.45, 7) is 0. The van der Waals surface area contributed by atoms with E-state index in [1.807, 2.05) is 0 Å². The van der Waals surface area contributed by atoms with E-state index in [2.05, 4.69) is 0 Å². The van der Waals surface area contributed by atoms with Gasteiger partial charge in [-0.1, -0.05) is 18.2 Å². The third-order valence-corrected chi connectivity index (χ3v) is 2.22. The van der Waals surface area contributed by atoms with Crippen LogP contribution in [0.5, 0.6) is 5.75 Å². The fourth-order valence-corrected chi connectivity index (χ4v) is 1.40. The van der Waals surface area contributed by atoms with Crippen LogP contribution in [-0.4, -0.2) is 10.9 Å². The number of hydrogen-bond acceptors (Lipinski definition) is 5. The minimum absolute atomic E-state index is 0.0630. The highest BCUT2D eigenvalue weighted by Gasteiger charge is 2.13. The first-order valence-electron chi connectivity index (χ1n) is 5.33. The molecule has 0 aliphatic heterocycles. The van der Waals surface area contributed by atoms with Crippen molar-refractivity contribution in [1.82, 2.24) is 0 Å². The van der Waals surface area contributed by atoms with Crippen LogP contribution in [0.15, 0.2) is 53.3 Å². The molecule has 0 saturated carbocycles. The van der Waals surface area contributed by atoms with Crippen molar-refractivity contribution in [3.05, 3.63) is 70.3 Å². The molecule has 1 aromatic carbocycles. The van der Waals surface area contributed by atoms with Crippen LogP contribution < -0.4 is 4.74 Å². The first kappa shape index (κ1) is 12.6. The molecule has 0 radical (unpaired) electrons. The normalized spacial score (nSPS) is 10.5. The minimum Gasteiger partial charge on any atom is -0.457 e. The number of ether oxygens (including phenoxy) is 1. The molecule has 0 unspecified atom stereocenters. The number of furan rings is 1. The Bertz CT molecular complexity index is 616. The van der Waals surface area contributed by atoms with Crippen LogP contribution in [0.25, 0.3) is 6.08 Å². The van der Waals surface area contributed by atoms with Crippen LogP contribution in [-0.2, 0) is 0 Å². The van der Waals surface area contributed by atoms with Crippen LogP contribution >= 0.6 is 0 Å². The van der Waals surface area contributed by atoms with Gasteiger partial charge < -0.3 is 9.15 Å². The van der Waals surface area contributed by atoms with E-state index in [4.69, 9.17) is 9.15 Å². The van der Waals surface area contributed by atoms with Gasteiger partial charge in [-0.05, 0) is 18.2 Å². The van der Waals surface area contributed by atoms with Gasteiger partial charge in [0.05, 0.1) is 11.2 Å². The predicted octanol–water partition coefficient (Wildman–Crippen LogP) is 2.75. The molecule has 0 fully saturated rings. The Balaban J connectivity index is 2.21. The number of para-hydroxylation sites is 1. The van der Waals surface area contributed by atoms with Crippen LogP contribution in [0.4, 0.5) is 0 Å². The average molecular weight is 259 g/mol. The lowest BCUT2D eigenvalue weighted by molar-refractivity contribution is -0.400. The zero-order chi connectivity index (χ0) is 13.7. The topological polar surface area (TPSA) is 82.6 Å². The number of carbonyl (C=O) groups excluding carboxylic acids is 1. The first-order chi connectivity index (χ1) is 9.16. The molecule has 1 aromatic heterocycles. The molecule has 0 bridgehead atoms. The molecule has 6 heteroatoms. The van der Waals surface area contributed by atoms with Gasteiger partial charge in [0.15, 0.2) is 0 Å². The molecule has 96 valence electrons. The first-order valence-corrected chi connectivity index (χ1v) is 5.33. The number of benzene rings is 1. The van der Waals surface area contributed by atoms with Crippen molar-refractivity contribution in [3.8, 4) is 5.75 Å².